The molecule has 0 aliphatic rings. The van der Waals surface area contributed by atoms with Gasteiger partial charge >= 0.3 is 0 Å². The number of nitrogens with one attached hydrogen (secondary N) is 2. The van der Waals surface area contributed by atoms with Crippen LogP contribution in [0, 0.1) is 0 Å². The number of rotatable bonds is 7. The number of benzene rings is 2. The van der Waals surface area contributed by atoms with Crippen LogP contribution < -0.4 is 15.4 Å². The lowest BCUT2D eigenvalue weighted by Gasteiger charge is -2.13. The van der Waals surface area contributed by atoms with Gasteiger partial charge in [0.15, 0.2) is 0 Å². The van der Waals surface area contributed by atoms with Crippen LogP contribution in [-0.4, -0.2) is 24.5 Å². The summed E-state index contributed by atoms with van der Waals surface area (Å²) in [5, 5.41) is 5.64. The summed E-state index contributed by atoms with van der Waals surface area (Å²) in [4.78, 5) is 24.8. The Kier molecular flexibility index (Phi) is 6.57. The van der Waals surface area contributed by atoms with E-state index in [4.69, 9.17) is 4.74 Å². The zero-order valence-electron chi connectivity index (χ0n) is 14.8. The third kappa shape index (κ3) is 5.35. The number of hydrogen-bond donors (Lipinski definition) is 2. The van der Waals surface area contributed by atoms with Gasteiger partial charge in [0, 0.05) is 11.6 Å². The van der Waals surface area contributed by atoms with Crippen molar-refractivity contribution in [1.82, 2.24) is 5.32 Å². The Morgan fingerprint density at radius 2 is 1.80 bits per heavy atom. The van der Waals surface area contributed by atoms with Gasteiger partial charge in [-0.05, 0) is 50.6 Å². The van der Waals surface area contributed by atoms with Crippen molar-refractivity contribution in [3.8, 4) is 5.75 Å². The highest BCUT2D eigenvalue weighted by Gasteiger charge is 2.15. The third-order valence-electron chi connectivity index (χ3n) is 3.41. The fraction of sp³-hybridized carbons (Fsp3) is 0.300. The van der Waals surface area contributed by atoms with Crippen molar-refractivity contribution in [1.29, 1.82) is 0 Å². The predicted octanol–water partition coefficient (Wildman–Crippen LogP) is 3.87. The van der Waals surface area contributed by atoms with E-state index in [2.05, 4.69) is 10.6 Å². The number of ether oxygens (including phenoxy) is 1. The molecule has 0 aromatic heterocycles. The SMILES string of the molecule is CCCOc1cccc(C(=O)Nc2ccccc2C(=O)NC(C)C)c1. The van der Waals surface area contributed by atoms with Crippen LogP contribution in [-0.2, 0) is 0 Å². The Morgan fingerprint density at radius 3 is 2.52 bits per heavy atom. The Balaban J connectivity index is 2.17. The van der Waals surface area contributed by atoms with E-state index in [9.17, 15) is 9.59 Å². The van der Waals surface area contributed by atoms with Crippen LogP contribution >= 0.6 is 0 Å². The number of hydrogen-bond acceptors (Lipinski definition) is 3. The van der Waals surface area contributed by atoms with Gasteiger partial charge in [-0.1, -0.05) is 25.1 Å². The lowest BCUT2D eigenvalue weighted by molar-refractivity contribution is 0.0944. The molecule has 2 rings (SSSR count). The van der Waals surface area contributed by atoms with Crippen molar-refractivity contribution in [2.45, 2.75) is 33.2 Å². The Bertz CT molecular complexity index is 741. The predicted molar refractivity (Wildman–Crippen MR) is 99.2 cm³/mol. The third-order valence-corrected chi connectivity index (χ3v) is 3.41. The molecule has 2 aromatic carbocycles. The summed E-state index contributed by atoms with van der Waals surface area (Å²) in [5.41, 5.74) is 1.39. The first-order valence-electron chi connectivity index (χ1n) is 8.45. The molecule has 0 radical (unpaired) electrons. The Morgan fingerprint density at radius 1 is 1.04 bits per heavy atom. The molecule has 0 spiro atoms. The maximum Gasteiger partial charge on any atom is 0.255 e. The summed E-state index contributed by atoms with van der Waals surface area (Å²) >= 11 is 0. The molecule has 0 saturated heterocycles. The van der Waals surface area contributed by atoms with Crippen molar-refractivity contribution >= 4 is 17.5 Å². The van der Waals surface area contributed by atoms with E-state index in [1.165, 1.54) is 0 Å². The first kappa shape index (κ1) is 18.5. The van der Waals surface area contributed by atoms with Crippen molar-refractivity contribution < 1.29 is 14.3 Å². The van der Waals surface area contributed by atoms with Crippen LogP contribution in [0.1, 0.15) is 47.9 Å². The minimum absolute atomic E-state index is 0.0173. The lowest BCUT2D eigenvalue weighted by Crippen LogP contribution is -2.31. The fourth-order valence-electron chi connectivity index (χ4n) is 2.27. The summed E-state index contributed by atoms with van der Waals surface area (Å²) in [6.07, 6.45) is 0.898. The molecule has 132 valence electrons. The van der Waals surface area contributed by atoms with Crippen LogP contribution in [0.3, 0.4) is 0 Å². The van der Waals surface area contributed by atoms with E-state index in [0.29, 0.717) is 29.2 Å². The molecule has 2 N–H and O–H groups in total. The molecule has 0 fully saturated rings. The van der Waals surface area contributed by atoms with E-state index >= 15 is 0 Å². The molecule has 0 aliphatic carbocycles. The smallest absolute Gasteiger partial charge is 0.255 e. The molecular formula is C20H24N2O3. The van der Waals surface area contributed by atoms with Gasteiger partial charge in [-0.15, -0.1) is 0 Å². The van der Waals surface area contributed by atoms with Crippen LogP contribution in [0.5, 0.6) is 5.75 Å². The maximum absolute atomic E-state index is 12.5. The zero-order valence-corrected chi connectivity index (χ0v) is 14.8. The standard InChI is InChI=1S/C20H24N2O3/c1-4-12-25-16-9-7-8-15(13-16)19(23)22-18-11-6-5-10-17(18)20(24)21-14(2)3/h5-11,13-14H,4,12H2,1-3H3,(H,21,24)(H,22,23). The minimum atomic E-state index is -0.285. The molecule has 0 aliphatic heterocycles. The highest BCUT2D eigenvalue weighted by Crippen LogP contribution is 2.18. The molecule has 0 bridgehead atoms. The number of para-hydroxylation sites is 1. The van der Waals surface area contributed by atoms with Crippen molar-refractivity contribution in [2.24, 2.45) is 0 Å². The number of anilines is 1. The fourth-order valence-corrected chi connectivity index (χ4v) is 2.27. The summed E-state index contributed by atoms with van der Waals surface area (Å²) in [7, 11) is 0. The molecule has 2 aromatic rings. The second kappa shape index (κ2) is 8.87. The van der Waals surface area contributed by atoms with Gasteiger partial charge in [0.25, 0.3) is 11.8 Å². The number of carbonyl (C=O) groups is 2. The Labute approximate surface area is 148 Å². The van der Waals surface area contributed by atoms with Gasteiger partial charge < -0.3 is 15.4 Å². The summed E-state index contributed by atoms with van der Waals surface area (Å²) < 4.78 is 5.56. The van der Waals surface area contributed by atoms with Crippen LogP contribution in [0.4, 0.5) is 5.69 Å². The molecule has 25 heavy (non-hydrogen) atoms. The van der Waals surface area contributed by atoms with E-state index < -0.39 is 0 Å². The number of amides is 2. The highest BCUT2D eigenvalue weighted by atomic mass is 16.5. The molecule has 0 saturated carbocycles. The van der Waals surface area contributed by atoms with Crippen LogP contribution in [0.15, 0.2) is 48.5 Å². The second-order valence-corrected chi connectivity index (χ2v) is 6.00. The van der Waals surface area contributed by atoms with Gasteiger partial charge in [0.05, 0.1) is 17.9 Å². The normalized spacial score (nSPS) is 10.4. The van der Waals surface area contributed by atoms with Crippen molar-refractivity contribution in [3.05, 3.63) is 59.7 Å². The summed E-state index contributed by atoms with van der Waals surface area (Å²) in [6.45, 7) is 6.40. The summed E-state index contributed by atoms with van der Waals surface area (Å²) in [6, 6.07) is 14.0. The monoisotopic (exact) mass is 340 g/mol. The first-order valence-corrected chi connectivity index (χ1v) is 8.45. The van der Waals surface area contributed by atoms with Crippen LogP contribution in [0.25, 0.3) is 0 Å². The molecule has 2 amide bonds. The molecule has 0 unspecified atom stereocenters. The minimum Gasteiger partial charge on any atom is -0.494 e. The molecule has 5 heteroatoms. The summed E-state index contributed by atoms with van der Waals surface area (Å²) in [5.74, 6) is 0.151. The van der Waals surface area contributed by atoms with Gasteiger partial charge in [0.2, 0.25) is 0 Å². The zero-order chi connectivity index (χ0) is 18.2. The van der Waals surface area contributed by atoms with E-state index in [1.807, 2.05) is 26.8 Å². The molecule has 0 atom stereocenters. The van der Waals surface area contributed by atoms with E-state index in [0.717, 1.165) is 6.42 Å². The first-order chi connectivity index (χ1) is 12.0. The highest BCUT2D eigenvalue weighted by molar-refractivity contribution is 6.09. The Hall–Kier alpha value is -2.82. The number of carbonyl (C=O) groups excluding carboxylic acids is 2. The maximum atomic E-state index is 12.5. The molecule has 0 heterocycles. The van der Waals surface area contributed by atoms with Gasteiger partial charge in [0.1, 0.15) is 5.75 Å². The quantitative estimate of drug-likeness (QED) is 0.804. The van der Waals surface area contributed by atoms with Gasteiger partial charge in [-0.3, -0.25) is 9.59 Å². The van der Waals surface area contributed by atoms with Crippen molar-refractivity contribution in [2.75, 3.05) is 11.9 Å². The molecule has 5 nitrogen and oxygen atoms in total. The lowest BCUT2D eigenvalue weighted by atomic mass is 10.1. The van der Waals surface area contributed by atoms with Crippen LogP contribution in [0.2, 0.25) is 0 Å². The van der Waals surface area contributed by atoms with E-state index in [1.54, 1.807) is 42.5 Å². The molecular weight excluding hydrogens is 316 g/mol. The second-order valence-electron chi connectivity index (χ2n) is 6.00. The average molecular weight is 340 g/mol. The van der Waals surface area contributed by atoms with Gasteiger partial charge in [-0.2, -0.15) is 0 Å². The average Bonchev–Trinajstić information content (AvgIpc) is 2.60. The van der Waals surface area contributed by atoms with Crippen molar-refractivity contribution in [3.63, 3.8) is 0 Å². The van der Waals surface area contributed by atoms with Gasteiger partial charge in [-0.25, -0.2) is 0 Å². The van der Waals surface area contributed by atoms with E-state index in [-0.39, 0.29) is 17.9 Å². The largest absolute Gasteiger partial charge is 0.494 e. The topological polar surface area (TPSA) is 67.4 Å².